The van der Waals surface area contributed by atoms with Crippen LogP contribution in [0.1, 0.15) is 32.0 Å². The first kappa shape index (κ1) is 10.0. The number of aromatic nitrogens is 1. The Labute approximate surface area is 79.2 Å². The summed E-state index contributed by atoms with van der Waals surface area (Å²) in [4.78, 5) is 11.3. The Morgan fingerprint density at radius 2 is 1.77 bits per heavy atom. The number of hydrogen-bond acceptors (Lipinski definition) is 1. The van der Waals surface area contributed by atoms with E-state index < -0.39 is 0 Å². The van der Waals surface area contributed by atoms with Crippen LogP contribution in [-0.2, 0) is 12.5 Å². The van der Waals surface area contributed by atoms with E-state index >= 15 is 0 Å². The van der Waals surface area contributed by atoms with Crippen molar-refractivity contribution in [2.75, 3.05) is 0 Å². The van der Waals surface area contributed by atoms with Gasteiger partial charge in [0.15, 0.2) is 0 Å². The zero-order valence-electron chi connectivity index (χ0n) is 9.01. The van der Waals surface area contributed by atoms with Gasteiger partial charge >= 0.3 is 0 Å². The summed E-state index contributed by atoms with van der Waals surface area (Å²) in [6.45, 7) is 8.45. The van der Waals surface area contributed by atoms with Crippen molar-refractivity contribution >= 4 is 0 Å². The van der Waals surface area contributed by atoms with Gasteiger partial charge in [0.25, 0.3) is 0 Å². The second-order valence-electron chi connectivity index (χ2n) is 4.48. The van der Waals surface area contributed by atoms with E-state index in [-0.39, 0.29) is 11.0 Å². The largest absolute Gasteiger partial charge is 0.316 e. The summed E-state index contributed by atoms with van der Waals surface area (Å²) in [5.74, 6) is 0. The van der Waals surface area contributed by atoms with Crippen LogP contribution in [0.4, 0.5) is 0 Å². The maximum Gasteiger partial charge on any atom is 0.250 e. The van der Waals surface area contributed by atoms with E-state index in [1.54, 1.807) is 10.6 Å². The molecule has 0 atom stereocenters. The summed E-state index contributed by atoms with van der Waals surface area (Å²) in [6.07, 6.45) is 0. The number of rotatable bonds is 0. The van der Waals surface area contributed by atoms with Gasteiger partial charge in [-0.3, -0.25) is 4.79 Å². The summed E-state index contributed by atoms with van der Waals surface area (Å²) < 4.78 is 1.70. The van der Waals surface area contributed by atoms with Crippen molar-refractivity contribution in [3.63, 3.8) is 0 Å². The van der Waals surface area contributed by atoms with Gasteiger partial charge in [-0.15, -0.1) is 0 Å². The van der Waals surface area contributed by atoms with E-state index in [4.69, 9.17) is 0 Å². The molecule has 0 unspecified atom stereocenters. The lowest BCUT2D eigenvalue weighted by atomic mass is 9.86. The fourth-order valence-corrected chi connectivity index (χ4v) is 1.53. The van der Waals surface area contributed by atoms with Crippen LogP contribution in [0.25, 0.3) is 0 Å². The predicted molar refractivity (Wildman–Crippen MR) is 55.1 cm³/mol. The minimum Gasteiger partial charge on any atom is -0.316 e. The van der Waals surface area contributed by atoms with Crippen LogP contribution >= 0.6 is 0 Å². The maximum atomic E-state index is 11.3. The van der Waals surface area contributed by atoms with Gasteiger partial charge in [-0.1, -0.05) is 26.8 Å². The Kier molecular flexibility index (Phi) is 2.33. The standard InChI is InChI=1S/C11H17NO/c1-8-9(11(2,3)4)6-7-10(13)12(8)5/h6-7H,1-5H3. The van der Waals surface area contributed by atoms with Crippen LogP contribution in [0.3, 0.4) is 0 Å². The Hall–Kier alpha value is -1.05. The fraction of sp³-hybridized carbons (Fsp3) is 0.545. The molecule has 0 bridgehead atoms. The Bertz CT molecular complexity index is 369. The maximum absolute atomic E-state index is 11.3. The Morgan fingerprint density at radius 1 is 1.23 bits per heavy atom. The molecule has 0 aromatic carbocycles. The molecule has 13 heavy (non-hydrogen) atoms. The lowest BCUT2D eigenvalue weighted by Gasteiger charge is -2.22. The zero-order chi connectivity index (χ0) is 10.2. The molecule has 1 aromatic heterocycles. The highest BCUT2D eigenvalue weighted by Gasteiger charge is 2.17. The van der Waals surface area contributed by atoms with Crippen molar-refractivity contribution in [1.29, 1.82) is 0 Å². The van der Waals surface area contributed by atoms with Crippen molar-refractivity contribution in [3.05, 3.63) is 33.7 Å². The molecule has 1 heterocycles. The van der Waals surface area contributed by atoms with Gasteiger partial charge in [0.1, 0.15) is 0 Å². The average molecular weight is 179 g/mol. The average Bonchev–Trinajstić information content (AvgIpc) is 1.98. The van der Waals surface area contributed by atoms with E-state index in [1.807, 2.05) is 20.0 Å². The molecule has 0 saturated carbocycles. The first-order valence-corrected chi connectivity index (χ1v) is 4.51. The SMILES string of the molecule is Cc1c(C(C)(C)C)ccc(=O)n1C. The molecular formula is C11H17NO. The van der Waals surface area contributed by atoms with Crippen molar-refractivity contribution in [2.45, 2.75) is 33.1 Å². The van der Waals surface area contributed by atoms with Gasteiger partial charge < -0.3 is 4.57 Å². The third-order valence-corrected chi connectivity index (χ3v) is 2.42. The lowest BCUT2D eigenvalue weighted by molar-refractivity contribution is 0.572. The summed E-state index contributed by atoms with van der Waals surface area (Å²) in [5, 5.41) is 0. The van der Waals surface area contributed by atoms with Crippen molar-refractivity contribution in [2.24, 2.45) is 7.05 Å². The molecule has 1 aromatic rings. The van der Waals surface area contributed by atoms with Gasteiger partial charge in [0.05, 0.1) is 0 Å². The number of pyridine rings is 1. The second-order valence-corrected chi connectivity index (χ2v) is 4.48. The molecule has 2 heteroatoms. The Balaban J connectivity index is 3.44. The second kappa shape index (κ2) is 3.02. The van der Waals surface area contributed by atoms with Crippen molar-refractivity contribution < 1.29 is 0 Å². The zero-order valence-corrected chi connectivity index (χ0v) is 9.01. The highest BCUT2D eigenvalue weighted by molar-refractivity contribution is 5.26. The molecule has 0 radical (unpaired) electrons. The lowest BCUT2D eigenvalue weighted by Crippen LogP contribution is -2.23. The van der Waals surface area contributed by atoms with E-state index in [0.29, 0.717) is 0 Å². The first-order valence-electron chi connectivity index (χ1n) is 4.51. The van der Waals surface area contributed by atoms with Gasteiger partial charge in [-0.05, 0) is 17.9 Å². The fourth-order valence-electron chi connectivity index (χ4n) is 1.53. The molecular weight excluding hydrogens is 162 g/mol. The van der Waals surface area contributed by atoms with E-state index in [0.717, 1.165) is 5.69 Å². The van der Waals surface area contributed by atoms with Crippen molar-refractivity contribution in [1.82, 2.24) is 4.57 Å². The van der Waals surface area contributed by atoms with Gasteiger partial charge in [-0.2, -0.15) is 0 Å². The summed E-state index contributed by atoms with van der Waals surface area (Å²) in [5.41, 5.74) is 2.45. The van der Waals surface area contributed by atoms with Crippen LogP contribution in [0.5, 0.6) is 0 Å². The van der Waals surface area contributed by atoms with Crippen LogP contribution < -0.4 is 5.56 Å². The topological polar surface area (TPSA) is 22.0 Å². The monoisotopic (exact) mass is 179 g/mol. The minimum absolute atomic E-state index is 0.0606. The van der Waals surface area contributed by atoms with Crippen LogP contribution in [-0.4, -0.2) is 4.57 Å². The van der Waals surface area contributed by atoms with Crippen LogP contribution in [0, 0.1) is 6.92 Å². The number of hydrogen-bond donors (Lipinski definition) is 0. The first-order chi connectivity index (χ1) is 5.84. The molecule has 0 fully saturated rings. The number of nitrogens with zero attached hydrogens (tertiary/aromatic N) is 1. The highest BCUT2D eigenvalue weighted by atomic mass is 16.1. The molecule has 1 rings (SSSR count). The molecule has 0 N–H and O–H groups in total. The molecule has 0 aliphatic rings. The quantitative estimate of drug-likeness (QED) is 0.597. The highest BCUT2D eigenvalue weighted by Crippen LogP contribution is 2.23. The Morgan fingerprint density at radius 3 is 2.23 bits per heavy atom. The van der Waals surface area contributed by atoms with E-state index in [9.17, 15) is 4.79 Å². The summed E-state index contributed by atoms with van der Waals surface area (Å²) in [6, 6.07) is 3.56. The van der Waals surface area contributed by atoms with E-state index in [1.165, 1.54) is 5.56 Å². The van der Waals surface area contributed by atoms with Crippen LogP contribution in [0.2, 0.25) is 0 Å². The van der Waals surface area contributed by atoms with Crippen LogP contribution in [0.15, 0.2) is 16.9 Å². The minimum atomic E-state index is 0.0606. The molecule has 2 nitrogen and oxygen atoms in total. The molecule has 0 amide bonds. The van der Waals surface area contributed by atoms with Gasteiger partial charge in [-0.25, -0.2) is 0 Å². The third-order valence-electron chi connectivity index (χ3n) is 2.42. The molecule has 72 valence electrons. The molecule has 0 spiro atoms. The van der Waals surface area contributed by atoms with Crippen molar-refractivity contribution in [3.8, 4) is 0 Å². The predicted octanol–water partition coefficient (Wildman–Crippen LogP) is 1.99. The molecule has 0 saturated heterocycles. The summed E-state index contributed by atoms with van der Waals surface area (Å²) in [7, 11) is 1.81. The summed E-state index contributed by atoms with van der Waals surface area (Å²) >= 11 is 0. The normalized spacial score (nSPS) is 11.8. The van der Waals surface area contributed by atoms with E-state index in [2.05, 4.69) is 20.8 Å². The third kappa shape index (κ3) is 1.82. The van der Waals surface area contributed by atoms with Gasteiger partial charge in [0.2, 0.25) is 5.56 Å². The molecule has 0 aliphatic heterocycles. The smallest absolute Gasteiger partial charge is 0.250 e. The molecule has 0 aliphatic carbocycles. The van der Waals surface area contributed by atoms with Gasteiger partial charge in [0, 0.05) is 18.8 Å².